The molecule has 0 aliphatic carbocycles. The summed E-state index contributed by atoms with van der Waals surface area (Å²) in [6.45, 7) is 4.06. The summed E-state index contributed by atoms with van der Waals surface area (Å²) in [5.74, 6) is -0.473. The van der Waals surface area contributed by atoms with Crippen molar-refractivity contribution in [3.8, 4) is 0 Å². The number of amides is 3. The Labute approximate surface area is 105 Å². The predicted molar refractivity (Wildman–Crippen MR) is 66.2 cm³/mol. The standard InChI is InChI=1S/C12H13ClN2O2/c1-7-3-4-9(13)10(5-7)15-6-8(2)11(16)14-12(15)17/h3-5,8H,6H2,1-2H3,(H,14,16,17). The van der Waals surface area contributed by atoms with E-state index in [1.54, 1.807) is 13.0 Å². The topological polar surface area (TPSA) is 49.4 Å². The molecule has 4 nitrogen and oxygen atoms in total. The molecule has 1 unspecified atom stereocenters. The van der Waals surface area contributed by atoms with E-state index in [4.69, 9.17) is 11.6 Å². The van der Waals surface area contributed by atoms with Crippen LogP contribution in [-0.4, -0.2) is 18.5 Å². The van der Waals surface area contributed by atoms with Crippen molar-refractivity contribution < 1.29 is 9.59 Å². The maximum Gasteiger partial charge on any atom is 0.328 e. The smallest absolute Gasteiger partial charge is 0.292 e. The van der Waals surface area contributed by atoms with Gasteiger partial charge in [-0.05, 0) is 24.6 Å². The molecular weight excluding hydrogens is 240 g/mol. The van der Waals surface area contributed by atoms with Crippen molar-refractivity contribution in [2.75, 3.05) is 11.4 Å². The molecule has 1 heterocycles. The molecule has 5 heteroatoms. The SMILES string of the molecule is Cc1ccc(Cl)c(N2CC(C)C(=O)NC2=O)c1. The molecule has 0 saturated carbocycles. The Hall–Kier alpha value is -1.55. The minimum atomic E-state index is -0.416. The van der Waals surface area contributed by atoms with Crippen molar-refractivity contribution >= 4 is 29.2 Å². The first kappa shape index (κ1) is 11.9. The van der Waals surface area contributed by atoms with Crippen LogP contribution in [0.4, 0.5) is 10.5 Å². The molecule has 0 aromatic heterocycles. The highest BCUT2D eigenvalue weighted by atomic mass is 35.5. The average molecular weight is 253 g/mol. The van der Waals surface area contributed by atoms with Gasteiger partial charge in [-0.25, -0.2) is 4.79 Å². The van der Waals surface area contributed by atoms with Crippen LogP contribution in [0.5, 0.6) is 0 Å². The van der Waals surface area contributed by atoms with Crippen molar-refractivity contribution in [2.45, 2.75) is 13.8 Å². The first-order chi connectivity index (χ1) is 7.99. The molecule has 1 aromatic rings. The third-order valence-corrected chi connectivity index (χ3v) is 3.09. The fraction of sp³-hybridized carbons (Fsp3) is 0.333. The molecule has 0 radical (unpaired) electrons. The van der Waals surface area contributed by atoms with Crippen molar-refractivity contribution in [3.05, 3.63) is 28.8 Å². The summed E-state index contributed by atoms with van der Waals surface area (Å²) >= 11 is 6.07. The summed E-state index contributed by atoms with van der Waals surface area (Å²) in [5.41, 5.74) is 1.66. The zero-order chi connectivity index (χ0) is 12.6. The van der Waals surface area contributed by atoms with Crippen LogP contribution in [0.25, 0.3) is 0 Å². The van der Waals surface area contributed by atoms with E-state index in [1.807, 2.05) is 19.1 Å². The van der Waals surface area contributed by atoms with E-state index in [9.17, 15) is 9.59 Å². The van der Waals surface area contributed by atoms with Gasteiger partial charge >= 0.3 is 6.03 Å². The number of nitrogens with zero attached hydrogens (tertiary/aromatic N) is 1. The highest BCUT2D eigenvalue weighted by Crippen LogP contribution is 2.28. The van der Waals surface area contributed by atoms with Gasteiger partial charge in [-0.15, -0.1) is 0 Å². The van der Waals surface area contributed by atoms with Crippen LogP contribution in [0.2, 0.25) is 5.02 Å². The van der Waals surface area contributed by atoms with Crippen molar-refractivity contribution in [3.63, 3.8) is 0 Å². The molecule has 3 amide bonds. The van der Waals surface area contributed by atoms with Gasteiger partial charge in [-0.2, -0.15) is 0 Å². The second-order valence-electron chi connectivity index (χ2n) is 4.26. The van der Waals surface area contributed by atoms with E-state index >= 15 is 0 Å². The number of aryl methyl sites for hydroxylation is 1. The van der Waals surface area contributed by atoms with Crippen LogP contribution in [0.1, 0.15) is 12.5 Å². The van der Waals surface area contributed by atoms with Crippen molar-refractivity contribution in [1.29, 1.82) is 0 Å². The fourth-order valence-electron chi connectivity index (χ4n) is 1.77. The Bertz CT molecular complexity index is 487. The summed E-state index contributed by atoms with van der Waals surface area (Å²) in [4.78, 5) is 24.6. The third-order valence-electron chi connectivity index (χ3n) is 2.77. The quantitative estimate of drug-likeness (QED) is 0.834. The van der Waals surface area contributed by atoms with Crippen LogP contribution in [0.15, 0.2) is 18.2 Å². The lowest BCUT2D eigenvalue weighted by Crippen LogP contribution is -2.54. The number of carbonyl (C=O) groups excluding carboxylic acids is 2. The van der Waals surface area contributed by atoms with Crippen LogP contribution >= 0.6 is 11.6 Å². The number of hydrogen-bond donors (Lipinski definition) is 1. The lowest BCUT2D eigenvalue weighted by atomic mass is 10.1. The number of carbonyl (C=O) groups is 2. The molecule has 17 heavy (non-hydrogen) atoms. The molecule has 1 aromatic carbocycles. The van der Waals surface area contributed by atoms with Gasteiger partial charge in [-0.1, -0.05) is 24.6 Å². The van der Waals surface area contributed by atoms with Crippen molar-refractivity contribution in [1.82, 2.24) is 5.32 Å². The number of anilines is 1. The maximum atomic E-state index is 11.7. The number of benzene rings is 1. The number of hydrogen-bond acceptors (Lipinski definition) is 2. The molecule has 1 aliphatic heterocycles. The summed E-state index contributed by atoms with van der Waals surface area (Å²) in [7, 11) is 0. The Morgan fingerprint density at radius 2 is 2.12 bits per heavy atom. The van der Waals surface area contributed by atoms with E-state index in [1.165, 1.54) is 4.90 Å². The monoisotopic (exact) mass is 252 g/mol. The summed E-state index contributed by atoms with van der Waals surface area (Å²) in [5, 5.41) is 2.82. The van der Waals surface area contributed by atoms with Crippen molar-refractivity contribution in [2.24, 2.45) is 5.92 Å². The second-order valence-corrected chi connectivity index (χ2v) is 4.67. The summed E-state index contributed by atoms with van der Waals surface area (Å²) < 4.78 is 0. The minimum absolute atomic E-state index is 0.232. The van der Waals surface area contributed by atoms with E-state index in [0.29, 0.717) is 17.3 Å². The first-order valence-electron chi connectivity index (χ1n) is 5.37. The van der Waals surface area contributed by atoms with Crippen LogP contribution in [-0.2, 0) is 4.79 Å². The largest absolute Gasteiger partial charge is 0.328 e. The van der Waals surface area contributed by atoms with E-state index in [2.05, 4.69) is 5.32 Å². The number of rotatable bonds is 1. The number of nitrogens with one attached hydrogen (secondary N) is 1. The highest BCUT2D eigenvalue weighted by molar-refractivity contribution is 6.34. The highest BCUT2D eigenvalue weighted by Gasteiger charge is 2.30. The molecule has 90 valence electrons. The van der Waals surface area contributed by atoms with Gasteiger partial charge in [0.2, 0.25) is 5.91 Å². The number of halogens is 1. The Morgan fingerprint density at radius 3 is 2.82 bits per heavy atom. The van der Waals surface area contributed by atoms with Crippen LogP contribution in [0, 0.1) is 12.8 Å². The molecule has 1 aliphatic rings. The molecular formula is C12H13ClN2O2. The summed E-state index contributed by atoms with van der Waals surface area (Å²) in [6, 6.07) is 5.05. The van der Waals surface area contributed by atoms with Crippen LogP contribution in [0.3, 0.4) is 0 Å². The van der Waals surface area contributed by atoms with E-state index in [0.717, 1.165) is 5.56 Å². The molecule has 1 atom stereocenters. The van der Waals surface area contributed by atoms with Gasteiger partial charge in [0.15, 0.2) is 0 Å². The third kappa shape index (κ3) is 2.26. The Morgan fingerprint density at radius 1 is 1.41 bits per heavy atom. The molecule has 1 saturated heterocycles. The zero-order valence-corrected chi connectivity index (χ0v) is 10.4. The molecule has 1 N–H and O–H groups in total. The molecule has 0 spiro atoms. The predicted octanol–water partition coefficient (Wildman–Crippen LogP) is 2.34. The lowest BCUT2D eigenvalue weighted by Gasteiger charge is -2.31. The van der Waals surface area contributed by atoms with E-state index < -0.39 is 6.03 Å². The van der Waals surface area contributed by atoms with Gasteiger partial charge < -0.3 is 0 Å². The maximum absolute atomic E-state index is 11.7. The first-order valence-corrected chi connectivity index (χ1v) is 5.75. The normalized spacial score (nSPS) is 20.4. The zero-order valence-electron chi connectivity index (χ0n) is 9.66. The Balaban J connectivity index is 2.36. The van der Waals surface area contributed by atoms with E-state index in [-0.39, 0.29) is 11.8 Å². The van der Waals surface area contributed by atoms with Gasteiger partial charge in [0, 0.05) is 6.54 Å². The molecule has 0 bridgehead atoms. The van der Waals surface area contributed by atoms with Gasteiger partial charge in [0.05, 0.1) is 16.6 Å². The fourth-order valence-corrected chi connectivity index (χ4v) is 1.99. The summed E-state index contributed by atoms with van der Waals surface area (Å²) in [6.07, 6.45) is 0. The average Bonchev–Trinajstić information content (AvgIpc) is 2.27. The Kier molecular flexibility index (Phi) is 3.07. The van der Waals surface area contributed by atoms with Gasteiger partial charge in [-0.3, -0.25) is 15.0 Å². The number of imide groups is 1. The second kappa shape index (κ2) is 4.37. The van der Waals surface area contributed by atoms with Crippen LogP contribution < -0.4 is 10.2 Å². The lowest BCUT2D eigenvalue weighted by molar-refractivity contribution is -0.123. The number of urea groups is 1. The molecule has 1 fully saturated rings. The van der Waals surface area contributed by atoms with Gasteiger partial charge in [0.25, 0.3) is 0 Å². The van der Waals surface area contributed by atoms with Gasteiger partial charge in [0.1, 0.15) is 0 Å². The minimum Gasteiger partial charge on any atom is -0.292 e. The molecule has 2 rings (SSSR count).